The minimum Gasteiger partial charge on any atom is -0.461 e. The minimum absolute atomic E-state index is 0.182. The van der Waals surface area contributed by atoms with Crippen molar-refractivity contribution in [3.8, 4) is 0 Å². The zero-order valence-electron chi connectivity index (χ0n) is 11.4. The van der Waals surface area contributed by atoms with Crippen molar-refractivity contribution in [1.29, 1.82) is 0 Å². The Kier molecular flexibility index (Phi) is 5.83. The van der Waals surface area contributed by atoms with Crippen LogP contribution in [-0.4, -0.2) is 41.7 Å². The van der Waals surface area contributed by atoms with Crippen LogP contribution in [0.25, 0.3) is 0 Å². The summed E-state index contributed by atoms with van der Waals surface area (Å²) < 4.78 is 5.22. The summed E-state index contributed by atoms with van der Waals surface area (Å²) in [5, 5.41) is 10.0. The summed E-state index contributed by atoms with van der Waals surface area (Å²) in [6.07, 6.45) is 1.77. The lowest BCUT2D eigenvalue weighted by molar-refractivity contribution is -0.145. The summed E-state index contributed by atoms with van der Waals surface area (Å²) in [6.45, 7) is 2.60. The molecule has 0 atom stereocenters. The summed E-state index contributed by atoms with van der Waals surface area (Å²) in [5.41, 5.74) is 0.823. The molecular weight excluding hydrogens is 278 g/mol. The van der Waals surface area contributed by atoms with Gasteiger partial charge in [0.2, 0.25) is 0 Å². The molecule has 0 amide bonds. The van der Waals surface area contributed by atoms with Gasteiger partial charge in [-0.05, 0) is 18.9 Å². The van der Waals surface area contributed by atoms with E-state index in [9.17, 15) is 9.90 Å². The number of rotatable bonds is 5. The van der Waals surface area contributed by atoms with E-state index in [2.05, 4.69) is 4.90 Å². The van der Waals surface area contributed by atoms with Crippen LogP contribution in [0.2, 0.25) is 5.02 Å². The van der Waals surface area contributed by atoms with E-state index in [1.807, 2.05) is 18.2 Å². The van der Waals surface area contributed by atoms with E-state index >= 15 is 0 Å². The van der Waals surface area contributed by atoms with Crippen molar-refractivity contribution in [3.05, 3.63) is 34.9 Å². The first-order valence-corrected chi connectivity index (χ1v) is 7.32. The summed E-state index contributed by atoms with van der Waals surface area (Å²) >= 11 is 6.00. The normalized spacial score (nSPS) is 17.1. The third-order valence-corrected chi connectivity index (χ3v) is 3.90. The van der Waals surface area contributed by atoms with Gasteiger partial charge in [0.25, 0.3) is 0 Å². The quantitative estimate of drug-likeness (QED) is 0.847. The summed E-state index contributed by atoms with van der Waals surface area (Å²) in [6, 6.07) is 7.35. The number of esters is 1. The van der Waals surface area contributed by atoms with Crippen molar-refractivity contribution >= 4 is 17.6 Å². The molecule has 1 N–H and O–H groups in total. The predicted molar refractivity (Wildman–Crippen MR) is 77.5 cm³/mol. The van der Waals surface area contributed by atoms with Gasteiger partial charge in [0.1, 0.15) is 6.61 Å². The standard InChI is InChI=1S/C15H20ClNO3/c16-14-4-2-1-3-12(14)11-20-15(19)7-10-17-8-5-13(18)6-9-17/h1-4,13,18H,5-11H2. The molecule has 1 aromatic rings. The van der Waals surface area contributed by atoms with E-state index in [1.165, 1.54) is 0 Å². The Morgan fingerprint density at radius 2 is 2.05 bits per heavy atom. The zero-order chi connectivity index (χ0) is 14.4. The van der Waals surface area contributed by atoms with Crippen molar-refractivity contribution in [3.63, 3.8) is 0 Å². The highest BCUT2D eigenvalue weighted by Gasteiger charge is 2.17. The smallest absolute Gasteiger partial charge is 0.307 e. The van der Waals surface area contributed by atoms with Crippen LogP contribution in [0.5, 0.6) is 0 Å². The molecule has 0 aromatic heterocycles. The first-order chi connectivity index (χ1) is 9.65. The second-order valence-corrected chi connectivity index (χ2v) is 5.48. The highest BCUT2D eigenvalue weighted by molar-refractivity contribution is 6.31. The first kappa shape index (κ1) is 15.3. The van der Waals surface area contributed by atoms with Crippen LogP contribution < -0.4 is 0 Å². The van der Waals surface area contributed by atoms with Crippen molar-refractivity contribution < 1.29 is 14.6 Å². The Morgan fingerprint density at radius 3 is 2.75 bits per heavy atom. The molecule has 5 heteroatoms. The molecule has 0 saturated carbocycles. The molecule has 1 aromatic carbocycles. The van der Waals surface area contributed by atoms with Crippen LogP contribution >= 0.6 is 11.6 Å². The van der Waals surface area contributed by atoms with Crippen LogP contribution in [0, 0.1) is 0 Å². The van der Waals surface area contributed by atoms with Crippen molar-refractivity contribution in [1.82, 2.24) is 4.90 Å². The number of carbonyl (C=O) groups excluding carboxylic acids is 1. The molecule has 1 fully saturated rings. The Hall–Kier alpha value is -1.10. The molecule has 0 spiro atoms. The van der Waals surface area contributed by atoms with Gasteiger partial charge in [-0.1, -0.05) is 29.8 Å². The second-order valence-electron chi connectivity index (χ2n) is 5.07. The number of aliphatic hydroxyl groups is 1. The topological polar surface area (TPSA) is 49.8 Å². The molecule has 1 aliphatic rings. The molecule has 20 heavy (non-hydrogen) atoms. The summed E-state index contributed by atoms with van der Waals surface area (Å²) in [5.74, 6) is -0.212. The third-order valence-electron chi connectivity index (χ3n) is 3.54. The average molecular weight is 298 g/mol. The lowest BCUT2D eigenvalue weighted by Crippen LogP contribution is -2.37. The van der Waals surface area contributed by atoms with Gasteiger partial charge in [-0.2, -0.15) is 0 Å². The van der Waals surface area contributed by atoms with Crippen molar-refractivity contribution in [2.45, 2.75) is 32.0 Å². The van der Waals surface area contributed by atoms with E-state index in [-0.39, 0.29) is 18.7 Å². The van der Waals surface area contributed by atoms with Gasteiger partial charge in [-0.15, -0.1) is 0 Å². The molecule has 1 heterocycles. The molecule has 0 aliphatic carbocycles. The van der Waals surface area contributed by atoms with Crippen LogP contribution in [-0.2, 0) is 16.1 Å². The van der Waals surface area contributed by atoms with Crippen molar-refractivity contribution in [2.75, 3.05) is 19.6 Å². The number of hydrogen-bond acceptors (Lipinski definition) is 4. The number of carbonyl (C=O) groups is 1. The monoisotopic (exact) mass is 297 g/mol. The maximum absolute atomic E-state index is 11.7. The lowest BCUT2D eigenvalue weighted by Gasteiger charge is -2.28. The Morgan fingerprint density at radius 1 is 1.35 bits per heavy atom. The molecule has 0 radical (unpaired) electrons. The molecule has 2 rings (SSSR count). The maximum atomic E-state index is 11.7. The van der Waals surface area contributed by atoms with E-state index in [4.69, 9.17) is 16.3 Å². The number of likely N-dealkylation sites (tertiary alicyclic amines) is 1. The Balaban J connectivity index is 1.67. The highest BCUT2D eigenvalue weighted by atomic mass is 35.5. The third kappa shape index (κ3) is 4.78. The Bertz CT molecular complexity index is 444. The van der Waals surface area contributed by atoms with Crippen LogP contribution in [0.3, 0.4) is 0 Å². The fourth-order valence-corrected chi connectivity index (χ4v) is 2.43. The second kappa shape index (κ2) is 7.62. The molecule has 1 aliphatic heterocycles. The van der Waals surface area contributed by atoms with Gasteiger partial charge in [0, 0.05) is 30.2 Å². The molecule has 1 saturated heterocycles. The summed E-state index contributed by atoms with van der Waals surface area (Å²) in [7, 11) is 0. The van der Waals surface area contributed by atoms with Gasteiger partial charge in [0.15, 0.2) is 0 Å². The fraction of sp³-hybridized carbons (Fsp3) is 0.533. The maximum Gasteiger partial charge on any atom is 0.307 e. The number of ether oxygens (including phenoxy) is 1. The molecule has 4 nitrogen and oxygen atoms in total. The average Bonchev–Trinajstić information content (AvgIpc) is 2.46. The van der Waals surface area contributed by atoms with Gasteiger partial charge in [-0.25, -0.2) is 0 Å². The number of piperidine rings is 1. The largest absolute Gasteiger partial charge is 0.461 e. The fourth-order valence-electron chi connectivity index (χ4n) is 2.24. The zero-order valence-corrected chi connectivity index (χ0v) is 12.2. The van der Waals surface area contributed by atoms with Crippen LogP contribution in [0.15, 0.2) is 24.3 Å². The number of aliphatic hydroxyl groups excluding tert-OH is 1. The van der Waals surface area contributed by atoms with Gasteiger partial charge in [0.05, 0.1) is 12.5 Å². The van der Waals surface area contributed by atoms with Crippen LogP contribution in [0.4, 0.5) is 0 Å². The number of halogens is 1. The van der Waals surface area contributed by atoms with Gasteiger partial charge < -0.3 is 14.7 Å². The van der Waals surface area contributed by atoms with E-state index in [0.717, 1.165) is 31.5 Å². The molecule has 0 bridgehead atoms. The van der Waals surface area contributed by atoms with Crippen LogP contribution in [0.1, 0.15) is 24.8 Å². The van der Waals surface area contributed by atoms with Crippen molar-refractivity contribution in [2.24, 2.45) is 0 Å². The van der Waals surface area contributed by atoms with Gasteiger partial charge >= 0.3 is 5.97 Å². The first-order valence-electron chi connectivity index (χ1n) is 6.94. The molecule has 0 unspecified atom stereocenters. The van der Waals surface area contributed by atoms with E-state index < -0.39 is 0 Å². The summed E-state index contributed by atoms with van der Waals surface area (Å²) in [4.78, 5) is 13.9. The number of nitrogens with zero attached hydrogens (tertiary/aromatic N) is 1. The van der Waals surface area contributed by atoms with E-state index in [0.29, 0.717) is 18.0 Å². The predicted octanol–water partition coefficient (Wildman–Crippen LogP) is 2.23. The molecular formula is C15H20ClNO3. The number of benzene rings is 1. The van der Waals surface area contributed by atoms with E-state index in [1.54, 1.807) is 6.07 Å². The minimum atomic E-state index is -0.212. The molecule has 110 valence electrons. The number of hydrogen-bond donors (Lipinski definition) is 1. The van der Waals surface area contributed by atoms with Gasteiger partial charge in [-0.3, -0.25) is 4.79 Å². The lowest BCUT2D eigenvalue weighted by atomic mass is 10.1. The SMILES string of the molecule is O=C(CCN1CCC(O)CC1)OCc1ccccc1Cl. The Labute approximate surface area is 124 Å². The highest BCUT2D eigenvalue weighted by Crippen LogP contribution is 2.16.